The highest BCUT2D eigenvalue weighted by molar-refractivity contribution is 7.89. The van der Waals surface area contributed by atoms with E-state index in [2.05, 4.69) is 0 Å². The molecule has 0 amide bonds. The molecule has 0 N–H and O–H groups in total. The maximum Gasteiger partial charge on any atom is 0.243 e. The van der Waals surface area contributed by atoms with Crippen LogP contribution in [0.5, 0.6) is 0 Å². The van der Waals surface area contributed by atoms with Gasteiger partial charge in [0.1, 0.15) is 0 Å². The number of hydrogen-bond donors (Lipinski definition) is 1. The largest absolute Gasteiger partial charge is 0.243 e. The van der Waals surface area contributed by atoms with Gasteiger partial charge in [-0.1, -0.05) is 6.42 Å². The highest BCUT2D eigenvalue weighted by atomic mass is 32.2. The molecule has 1 aromatic carbocycles. The van der Waals surface area contributed by atoms with Crippen LogP contribution < -0.4 is 0 Å². The van der Waals surface area contributed by atoms with Gasteiger partial charge in [0.2, 0.25) is 10.0 Å². The number of sulfonamides is 1. The molecule has 1 saturated heterocycles. The zero-order valence-corrected chi connectivity index (χ0v) is 11.5. The lowest BCUT2D eigenvalue weighted by Gasteiger charge is -2.25. The molecule has 0 aromatic heterocycles. The van der Waals surface area contributed by atoms with Crippen molar-refractivity contribution in [1.82, 2.24) is 4.31 Å². The van der Waals surface area contributed by atoms with Crippen molar-refractivity contribution in [3.8, 4) is 0 Å². The molecule has 0 saturated carbocycles. The zero-order valence-electron chi connectivity index (χ0n) is 9.78. The van der Waals surface area contributed by atoms with Gasteiger partial charge >= 0.3 is 0 Å². The van der Waals surface area contributed by atoms with E-state index in [0.29, 0.717) is 13.1 Å². The first-order valence-electron chi connectivity index (χ1n) is 5.76. The number of piperidine rings is 1. The van der Waals surface area contributed by atoms with Gasteiger partial charge in [0.05, 0.1) is 9.79 Å². The first kappa shape index (κ1) is 13.5. The second-order valence-corrected chi connectivity index (χ2v) is 7.18. The van der Waals surface area contributed by atoms with E-state index in [1.165, 1.54) is 28.6 Å². The van der Waals surface area contributed by atoms with E-state index in [1.54, 1.807) is 0 Å². The molecule has 0 atom stereocenters. The number of hydrogen-bond acceptors (Lipinski definition) is 4. The van der Waals surface area contributed by atoms with E-state index in [9.17, 15) is 16.8 Å². The van der Waals surface area contributed by atoms with Gasteiger partial charge in [0.25, 0.3) is 0 Å². The smallest absolute Gasteiger partial charge is 0.227 e. The molecule has 7 heteroatoms. The Labute approximate surface area is 108 Å². The van der Waals surface area contributed by atoms with Crippen LogP contribution in [0.3, 0.4) is 0 Å². The van der Waals surface area contributed by atoms with Crippen molar-refractivity contribution in [3.63, 3.8) is 0 Å². The highest BCUT2D eigenvalue weighted by Gasteiger charge is 2.25. The summed E-state index contributed by atoms with van der Waals surface area (Å²) >= 11 is 0. The summed E-state index contributed by atoms with van der Waals surface area (Å²) in [6, 6.07) is 5.35. The Morgan fingerprint density at radius 2 is 1.50 bits per heavy atom. The summed E-state index contributed by atoms with van der Waals surface area (Å²) in [5.74, 6) is 0. The maximum atomic E-state index is 12.2. The standard InChI is InChI=1S/C11H15NO4S2/c13-17(14)10-4-6-11(7-5-10)18(15,16)12-8-2-1-3-9-12/h4-7,17H,1-3,8-9H2. The van der Waals surface area contributed by atoms with Gasteiger partial charge in [-0.25, -0.2) is 16.8 Å². The van der Waals surface area contributed by atoms with Crippen LogP contribution in [0.15, 0.2) is 34.1 Å². The van der Waals surface area contributed by atoms with E-state index in [0.717, 1.165) is 19.3 Å². The molecule has 0 unspecified atom stereocenters. The number of rotatable bonds is 3. The Hall–Kier alpha value is -0.920. The topological polar surface area (TPSA) is 71.5 Å². The van der Waals surface area contributed by atoms with Crippen molar-refractivity contribution in [2.75, 3.05) is 13.1 Å². The summed E-state index contributed by atoms with van der Waals surface area (Å²) in [6.07, 6.45) is 2.81. The van der Waals surface area contributed by atoms with Crippen molar-refractivity contribution in [2.45, 2.75) is 29.1 Å². The molecule has 18 heavy (non-hydrogen) atoms. The molecule has 1 fully saturated rings. The third kappa shape index (κ3) is 2.73. The van der Waals surface area contributed by atoms with Gasteiger partial charge in [0, 0.05) is 13.1 Å². The molecule has 0 bridgehead atoms. The molecular weight excluding hydrogens is 274 g/mol. The summed E-state index contributed by atoms with van der Waals surface area (Å²) in [5, 5.41) is 0. The van der Waals surface area contributed by atoms with E-state index >= 15 is 0 Å². The lowest BCUT2D eigenvalue weighted by atomic mass is 10.2. The fourth-order valence-electron chi connectivity index (χ4n) is 1.99. The summed E-state index contributed by atoms with van der Waals surface area (Å²) in [7, 11) is -6.13. The van der Waals surface area contributed by atoms with Crippen LogP contribution >= 0.6 is 0 Å². The molecule has 1 aromatic rings. The molecule has 0 spiro atoms. The van der Waals surface area contributed by atoms with Crippen molar-refractivity contribution < 1.29 is 16.8 Å². The van der Waals surface area contributed by atoms with Gasteiger partial charge in [0.15, 0.2) is 10.7 Å². The Kier molecular flexibility index (Phi) is 4.04. The second-order valence-electron chi connectivity index (χ2n) is 4.22. The zero-order chi connectivity index (χ0) is 13.2. The van der Waals surface area contributed by atoms with Crippen LogP contribution in [0.2, 0.25) is 0 Å². The van der Waals surface area contributed by atoms with Gasteiger partial charge in [-0.05, 0) is 37.1 Å². The van der Waals surface area contributed by atoms with Gasteiger partial charge < -0.3 is 0 Å². The average Bonchev–Trinajstić information content (AvgIpc) is 2.40. The minimum atomic E-state index is -3.47. The lowest BCUT2D eigenvalue weighted by Crippen LogP contribution is -2.35. The Morgan fingerprint density at radius 1 is 0.944 bits per heavy atom. The molecule has 100 valence electrons. The van der Waals surface area contributed by atoms with E-state index in [4.69, 9.17) is 0 Å². The Bertz CT molecular complexity index is 576. The van der Waals surface area contributed by atoms with E-state index < -0.39 is 20.7 Å². The first-order valence-corrected chi connectivity index (χ1v) is 8.38. The minimum absolute atomic E-state index is 0.127. The number of benzene rings is 1. The van der Waals surface area contributed by atoms with Gasteiger partial charge in [-0.15, -0.1) is 0 Å². The van der Waals surface area contributed by atoms with Gasteiger partial charge in [-0.3, -0.25) is 0 Å². The van der Waals surface area contributed by atoms with Gasteiger partial charge in [-0.2, -0.15) is 4.31 Å². The third-order valence-electron chi connectivity index (χ3n) is 3.00. The van der Waals surface area contributed by atoms with E-state index in [-0.39, 0.29) is 9.79 Å². The normalized spacial score (nSPS) is 18.1. The molecular formula is C11H15NO4S2. The molecule has 2 rings (SSSR count). The predicted molar refractivity (Wildman–Crippen MR) is 67.6 cm³/mol. The molecule has 1 heterocycles. The molecule has 1 aliphatic heterocycles. The van der Waals surface area contributed by atoms with Crippen LogP contribution in [-0.4, -0.2) is 34.2 Å². The highest BCUT2D eigenvalue weighted by Crippen LogP contribution is 2.20. The first-order chi connectivity index (χ1) is 8.51. The maximum absolute atomic E-state index is 12.2. The van der Waals surface area contributed by atoms with Crippen molar-refractivity contribution in [1.29, 1.82) is 0 Å². The average molecular weight is 289 g/mol. The molecule has 1 aliphatic rings. The quantitative estimate of drug-likeness (QED) is 0.837. The number of nitrogens with zero attached hydrogens (tertiary/aromatic N) is 1. The molecule has 0 radical (unpaired) electrons. The fourth-order valence-corrected chi connectivity index (χ4v) is 3.90. The third-order valence-corrected chi connectivity index (χ3v) is 5.63. The SMILES string of the molecule is O=[SH](=O)c1ccc(S(=O)(=O)N2CCCCC2)cc1. The van der Waals surface area contributed by atoms with Crippen molar-refractivity contribution in [2.24, 2.45) is 0 Å². The van der Waals surface area contributed by atoms with Crippen LogP contribution in [0.25, 0.3) is 0 Å². The Morgan fingerprint density at radius 3 is 2.00 bits per heavy atom. The van der Waals surface area contributed by atoms with Crippen LogP contribution in [-0.2, 0) is 20.7 Å². The minimum Gasteiger partial charge on any atom is -0.227 e. The number of thiol groups is 1. The monoisotopic (exact) mass is 289 g/mol. The second kappa shape index (κ2) is 5.38. The lowest BCUT2D eigenvalue weighted by molar-refractivity contribution is 0.346. The molecule has 5 nitrogen and oxygen atoms in total. The summed E-state index contributed by atoms with van der Waals surface area (Å²) < 4.78 is 47.4. The molecule has 0 aliphatic carbocycles. The Balaban J connectivity index is 2.29. The summed E-state index contributed by atoms with van der Waals surface area (Å²) in [5.41, 5.74) is 0. The van der Waals surface area contributed by atoms with Crippen LogP contribution in [0.1, 0.15) is 19.3 Å². The van der Waals surface area contributed by atoms with Crippen molar-refractivity contribution >= 4 is 20.7 Å². The van der Waals surface area contributed by atoms with Crippen LogP contribution in [0.4, 0.5) is 0 Å². The summed E-state index contributed by atoms with van der Waals surface area (Å²) in [4.78, 5) is 0.285. The predicted octanol–water partition coefficient (Wildman–Crippen LogP) is 0.832. The van der Waals surface area contributed by atoms with E-state index in [1.807, 2.05) is 0 Å². The van der Waals surface area contributed by atoms with Crippen LogP contribution in [0, 0.1) is 0 Å². The summed E-state index contributed by atoms with van der Waals surface area (Å²) in [6.45, 7) is 1.08. The van der Waals surface area contributed by atoms with Crippen molar-refractivity contribution in [3.05, 3.63) is 24.3 Å². The fraction of sp³-hybridized carbons (Fsp3) is 0.455.